The van der Waals surface area contributed by atoms with Gasteiger partial charge in [-0.3, -0.25) is 4.98 Å². The molecule has 0 aliphatic rings. The standard InChI is InChI=1S/C9H8N6OS/c16-9-13-12-8-2-1-7(14-15(8)9)11-4-6-3-10-5-17-6/h1-3,5H,4H2,(H,11,14)(H,13,16). The second kappa shape index (κ2) is 3.98. The van der Waals surface area contributed by atoms with Gasteiger partial charge in [-0.25, -0.2) is 9.89 Å². The van der Waals surface area contributed by atoms with Crippen LogP contribution in [0.4, 0.5) is 5.82 Å². The third-order valence-electron chi connectivity index (χ3n) is 2.20. The summed E-state index contributed by atoms with van der Waals surface area (Å²) in [6.07, 6.45) is 1.79. The predicted molar refractivity (Wildman–Crippen MR) is 63.0 cm³/mol. The monoisotopic (exact) mass is 248 g/mol. The zero-order valence-electron chi connectivity index (χ0n) is 8.62. The topological polar surface area (TPSA) is 88.0 Å². The lowest BCUT2D eigenvalue weighted by Gasteiger charge is -2.02. The number of nitrogens with zero attached hydrogens (tertiary/aromatic N) is 4. The van der Waals surface area contributed by atoms with Crippen LogP contribution in [-0.4, -0.2) is 24.8 Å². The Hall–Kier alpha value is -2.22. The summed E-state index contributed by atoms with van der Waals surface area (Å²) in [5.41, 5.74) is 1.92. The van der Waals surface area contributed by atoms with Crippen LogP contribution >= 0.6 is 11.3 Å². The number of rotatable bonds is 3. The molecule has 8 heteroatoms. The minimum Gasteiger partial charge on any atom is -0.364 e. The molecule has 7 nitrogen and oxygen atoms in total. The van der Waals surface area contributed by atoms with Gasteiger partial charge in [0.2, 0.25) is 0 Å². The van der Waals surface area contributed by atoms with Crippen molar-refractivity contribution >= 4 is 22.8 Å². The number of aromatic amines is 1. The fourth-order valence-electron chi connectivity index (χ4n) is 1.40. The van der Waals surface area contributed by atoms with E-state index in [0.29, 0.717) is 18.0 Å². The Balaban J connectivity index is 1.85. The number of thiazole rings is 1. The van der Waals surface area contributed by atoms with E-state index >= 15 is 0 Å². The molecule has 0 aliphatic carbocycles. The van der Waals surface area contributed by atoms with Crippen LogP contribution in [0, 0.1) is 0 Å². The van der Waals surface area contributed by atoms with Gasteiger partial charge in [-0.15, -0.1) is 16.4 Å². The zero-order chi connectivity index (χ0) is 11.7. The number of aromatic nitrogens is 5. The van der Waals surface area contributed by atoms with Gasteiger partial charge < -0.3 is 5.32 Å². The highest BCUT2D eigenvalue weighted by Crippen LogP contribution is 2.09. The first-order valence-electron chi connectivity index (χ1n) is 4.88. The molecule has 0 aliphatic heterocycles. The molecule has 0 radical (unpaired) electrons. The molecule has 0 spiro atoms. The molecular weight excluding hydrogens is 240 g/mol. The zero-order valence-corrected chi connectivity index (χ0v) is 9.44. The molecule has 0 aromatic carbocycles. The molecule has 0 saturated carbocycles. The summed E-state index contributed by atoms with van der Waals surface area (Å²) in [5.74, 6) is 0.620. The predicted octanol–water partition coefficient (Wildman–Crippen LogP) is 0.486. The number of hydrogen-bond donors (Lipinski definition) is 2. The van der Waals surface area contributed by atoms with E-state index in [1.54, 1.807) is 35.2 Å². The maximum absolute atomic E-state index is 11.3. The molecule has 0 bridgehead atoms. The van der Waals surface area contributed by atoms with Crippen LogP contribution in [0.25, 0.3) is 5.65 Å². The van der Waals surface area contributed by atoms with Crippen LogP contribution in [0.1, 0.15) is 4.88 Å². The largest absolute Gasteiger partial charge is 0.364 e. The maximum atomic E-state index is 11.3. The maximum Gasteiger partial charge on any atom is 0.364 e. The summed E-state index contributed by atoms with van der Waals surface area (Å²) in [6, 6.07) is 3.50. The van der Waals surface area contributed by atoms with Crippen molar-refractivity contribution in [1.29, 1.82) is 0 Å². The van der Waals surface area contributed by atoms with Crippen molar-refractivity contribution in [2.24, 2.45) is 0 Å². The highest BCUT2D eigenvalue weighted by atomic mass is 32.1. The van der Waals surface area contributed by atoms with E-state index in [4.69, 9.17) is 0 Å². The Morgan fingerprint density at radius 3 is 3.24 bits per heavy atom. The van der Waals surface area contributed by atoms with Crippen LogP contribution in [0.2, 0.25) is 0 Å². The van der Waals surface area contributed by atoms with E-state index in [0.717, 1.165) is 4.88 Å². The van der Waals surface area contributed by atoms with Gasteiger partial charge in [0.05, 0.1) is 12.1 Å². The number of anilines is 1. The van der Waals surface area contributed by atoms with Gasteiger partial charge in [0.25, 0.3) is 0 Å². The molecule has 0 saturated heterocycles. The molecule has 3 rings (SSSR count). The van der Waals surface area contributed by atoms with Crippen molar-refractivity contribution in [1.82, 2.24) is 24.8 Å². The van der Waals surface area contributed by atoms with E-state index in [-0.39, 0.29) is 5.69 Å². The molecule has 0 fully saturated rings. The van der Waals surface area contributed by atoms with Gasteiger partial charge in [0, 0.05) is 11.1 Å². The van der Waals surface area contributed by atoms with Crippen molar-refractivity contribution < 1.29 is 0 Å². The lowest BCUT2D eigenvalue weighted by molar-refractivity contribution is 0.876. The first-order valence-corrected chi connectivity index (χ1v) is 5.76. The molecule has 3 aromatic heterocycles. The third-order valence-corrected chi connectivity index (χ3v) is 2.98. The van der Waals surface area contributed by atoms with Crippen molar-refractivity contribution in [2.75, 3.05) is 5.32 Å². The van der Waals surface area contributed by atoms with E-state index in [1.807, 2.05) is 0 Å². The lowest BCUT2D eigenvalue weighted by Crippen LogP contribution is -2.13. The molecule has 86 valence electrons. The minimum absolute atomic E-state index is 0.346. The molecular formula is C9H8N6OS. The summed E-state index contributed by atoms with van der Waals surface area (Å²) < 4.78 is 1.22. The Labute approximate surface area is 99.1 Å². The molecule has 3 aromatic rings. The van der Waals surface area contributed by atoms with Crippen molar-refractivity contribution in [3.05, 3.63) is 39.2 Å². The normalized spacial score (nSPS) is 10.8. The van der Waals surface area contributed by atoms with Crippen LogP contribution in [-0.2, 0) is 6.54 Å². The summed E-state index contributed by atoms with van der Waals surface area (Å²) in [5, 5.41) is 13.4. The van der Waals surface area contributed by atoms with E-state index in [9.17, 15) is 4.79 Å². The molecule has 0 amide bonds. The number of H-pyrrole nitrogens is 1. The number of nitrogens with one attached hydrogen (secondary N) is 2. The van der Waals surface area contributed by atoms with Crippen molar-refractivity contribution in [3.8, 4) is 0 Å². The van der Waals surface area contributed by atoms with Crippen LogP contribution in [0.15, 0.2) is 28.6 Å². The van der Waals surface area contributed by atoms with Crippen molar-refractivity contribution in [2.45, 2.75) is 6.54 Å². The number of hydrogen-bond acceptors (Lipinski definition) is 6. The van der Waals surface area contributed by atoms with Gasteiger partial charge in [-0.05, 0) is 12.1 Å². The highest BCUT2D eigenvalue weighted by Gasteiger charge is 2.02. The quantitative estimate of drug-likeness (QED) is 0.704. The summed E-state index contributed by atoms with van der Waals surface area (Å²) >= 11 is 1.56. The summed E-state index contributed by atoms with van der Waals surface area (Å²) in [6.45, 7) is 0.635. The smallest absolute Gasteiger partial charge is 0.364 e. The Morgan fingerprint density at radius 2 is 2.41 bits per heavy atom. The van der Waals surface area contributed by atoms with E-state index < -0.39 is 0 Å². The van der Waals surface area contributed by atoms with Crippen LogP contribution in [0.3, 0.4) is 0 Å². The average Bonchev–Trinajstić information content (AvgIpc) is 2.97. The highest BCUT2D eigenvalue weighted by molar-refractivity contribution is 7.09. The summed E-state index contributed by atoms with van der Waals surface area (Å²) in [4.78, 5) is 16.4. The van der Waals surface area contributed by atoms with Gasteiger partial charge in [-0.1, -0.05) is 0 Å². The van der Waals surface area contributed by atoms with Crippen LogP contribution in [0.5, 0.6) is 0 Å². The SMILES string of the molecule is O=c1[nH]nc2ccc(NCc3cncs3)nn12. The minimum atomic E-state index is -0.346. The Bertz CT molecular complexity index is 685. The first kappa shape index (κ1) is 9.97. The average molecular weight is 248 g/mol. The second-order valence-corrected chi connectivity index (χ2v) is 4.31. The Kier molecular flexibility index (Phi) is 2.33. The van der Waals surface area contributed by atoms with Crippen LogP contribution < -0.4 is 11.0 Å². The third kappa shape index (κ3) is 1.89. The fraction of sp³-hybridized carbons (Fsp3) is 0.111. The molecule has 17 heavy (non-hydrogen) atoms. The van der Waals surface area contributed by atoms with Gasteiger partial charge in [0.15, 0.2) is 5.65 Å². The summed E-state index contributed by atoms with van der Waals surface area (Å²) in [7, 11) is 0. The van der Waals surface area contributed by atoms with Gasteiger partial charge in [0.1, 0.15) is 5.82 Å². The van der Waals surface area contributed by atoms with Gasteiger partial charge >= 0.3 is 5.69 Å². The first-order chi connectivity index (χ1) is 8.33. The Morgan fingerprint density at radius 1 is 1.47 bits per heavy atom. The molecule has 2 N–H and O–H groups in total. The molecule has 3 heterocycles. The molecule has 0 unspecified atom stereocenters. The fourth-order valence-corrected chi connectivity index (χ4v) is 1.94. The van der Waals surface area contributed by atoms with E-state index in [2.05, 4.69) is 25.6 Å². The van der Waals surface area contributed by atoms with Crippen molar-refractivity contribution in [3.63, 3.8) is 0 Å². The number of fused-ring (bicyclic) bond motifs is 1. The van der Waals surface area contributed by atoms with E-state index in [1.165, 1.54) is 4.52 Å². The van der Waals surface area contributed by atoms with Gasteiger partial charge in [-0.2, -0.15) is 9.61 Å². The molecule has 0 atom stereocenters. The lowest BCUT2D eigenvalue weighted by atomic mass is 10.5. The second-order valence-electron chi connectivity index (χ2n) is 3.34.